The fraction of sp³-hybridized carbons (Fsp3) is 0.0588. The average molecular weight is 312 g/mol. The summed E-state index contributed by atoms with van der Waals surface area (Å²) in [7, 11) is 0. The summed E-state index contributed by atoms with van der Waals surface area (Å²) in [5.41, 5.74) is 3.19. The highest BCUT2D eigenvalue weighted by molar-refractivity contribution is 6.35. The van der Waals surface area contributed by atoms with Crippen LogP contribution < -0.4 is 0 Å². The summed E-state index contributed by atoms with van der Waals surface area (Å²) in [6.07, 6.45) is 0. The summed E-state index contributed by atoms with van der Waals surface area (Å²) in [5.74, 6) is 0.511. The average Bonchev–Trinajstić information content (AvgIpc) is 2.86. The fourth-order valence-corrected chi connectivity index (χ4v) is 2.98. The quantitative estimate of drug-likeness (QED) is 0.478. The second kappa shape index (κ2) is 4.78. The van der Waals surface area contributed by atoms with Crippen molar-refractivity contribution < 1.29 is 4.39 Å². The number of hydrogen-bond donors (Lipinski definition) is 0. The van der Waals surface area contributed by atoms with Crippen molar-refractivity contribution >= 4 is 33.5 Å². The zero-order valence-electron chi connectivity index (χ0n) is 11.7. The molecule has 0 aliphatic carbocycles. The third kappa shape index (κ3) is 1.88. The first kappa shape index (κ1) is 13.2. The van der Waals surface area contributed by atoms with E-state index in [9.17, 15) is 4.39 Å². The van der Waals surface area contributed by atoms with Gasteiger partial charge in [-0.25, -0.2) is 14.4 Å². The van der Waals surface area contributed by atoms with E-state index in [1.54, 1.807) is 12.1 Å². The number of imidazole rings is 1. The second-order valence-electron chi connectivity index (χ2n) is 5.09. The highest BCUT2D eigenvalue weighted by atomic mass is 35.5. The number of aromatic nitrogens is 3. The molecule has 0 amide bonds. The smallest absolute Gasteiger partial charge is 0.157 e. The Labute approximate surface area is 131 Å². The van der Waals surface area contributed by atoms with Gasteiger partial charge in [-0.05, 0) is 37.3 Å². The predicted molar refractivity (Wildman–Crippen MR) is 86.1 cm³/mol. The van der Waals surface area contributed by atoms with Crippen molar-refractivity contribution in [2.75, 3.05) is 0 Å². The molecule has 0 unspecified atom stereocenters. The van der Waals surface area contributed by atoms with Gasteiger partial charge in [0.15, 0.2) is 5.15 Å². The maximum Gasteiger partial charge on any atom is 0.157 e. The first-order valence-electron chi connectivity index (χ1n) is 6.84. The summed E-state index contributed by atoms with van der Waals surface area (Å²) in [5, 5.41) is 1.34. The van der Waals surface area contributed by atoms with Gasteiger partial charge < -0.3 is 0 Å². The number of pyridine rings is 1. The third-order valence-electron chi connectivity index (χ3n) is 3.70. The van der Waals surface area contributed by atoms with Gasteiger partial charge in [-0.3, -0.25) is 4.57 Å². The van der Waals surface area contributed by atoms with Crippen molar-refractivity contribution in [3.05, 3.63) is 65.3 Å². The van der Waals surface area contributed by atoms with Gasteiger partial charge in [0, 0.05) is 11.1 Å². The molecule has 0 saturated carbocycles. The molecule has 0 aliphatic heterocycles. The minimum atomic E-state index is -0.268. The molecule has 0 radical (unpaired) electrons. The van der Waals surface area contributed by atoms with E-state index in [0.29, 0.717) is 10.7 Å². The summed E-state index contributed by atoms with van der Waals surface area (Å²) in [6, 6.07) is 14.1. The standard InChI is InChI=1S/C17H11ClFN3/c1-10-20-15-16(22(10)12-8-6-11(19)7-9-12)13-4-2-3-5-14(13)21-17(15)18/h2-9H,1H3. The molecule has 4 rings (SSSR count). The molecule has 108 valence electrons. The van der Waals surface area contributed by atoms with Gasteiger partial charge in [0.2, 0.25) is 0 Å². The van der Waals surface area contributed by atoms with Crippen LogP contribution in [0.2, 0.25) is 5.15 Å². The lowest BCUT2D eigenvalue weighted by Gasteiger charge is -2.09. The maximum atomic E-state index is 13.2. The predicted octanol–water partition coefficient (Wildman–Crippen LogP) is 4.67. The first-order valence-corrected chi connectivity index (χ1v) is 7.22. The van der Waals surface area contributed by atoms with Gasteiger partial charge >= 0.3 is 0 Å². The number of hydrogen-bond acceptors (Lipinski definition) is 2. The Kier molecular flexibility index (Phi) is 2.87. The molecule has 2 aromatic carbocycles. The highest BCUT2D eigenvalue weighted by Crippen LogP contribution is 2.31. The molecule has 0 bridgehead atoms. The number of nitrogens with zero attached hydrogens (tertiary/aromatic N) is 3. The van der Waals surface area contributed by atoms with E-state index in [1.165, 1.54) is 12.1 Å². The molecule has 0 spiro atoms. The van der Waals surface area contributed by atoms with Crippen LogP contribution in [-0.2, 0) is 0 Å². The number of halogens is 2. The summed E-state index contributed by atoms with van der Waals surface area (Å²) >= 11 is 6.29. The summed E-state index contributed by atoms with van der Waals surface area (Å²) in [4.78, 5) is 8.93. The van der Waals surface area contributed by atoms with Gasteiger partial charge in [0.25, 0.3) is 0 Å². The largest absolute Gasteiger partial charge is 0.296 e. The minimum absolute atomic E-state index is 0.268. The molecular formula is C17H11ClFN3. The molecule has 22 heavy (non-hydrogen) atoms. The molecule has 4 aromatic rings. The monoisotopic (exact) mass is 311 g/mol. The molecule has 5 heteroatoms. The minimum Gasteiger partial charge on any atom is -0.296 e. The van der Waals surface area contributed by atoms with Crippen molar-refractivity contribution in [1.82, 2.24) is 14.5 Å². The lowest BCUT2D eigenvalue weighted by molar-refractivity contribution is 0.627. The van der Waals surface area contributed by atoms with Gasteiger partial charge in [0.05, 0.1) is 11.0 Å². The van der Waals surface area contributed by atoms with Crippen molar-refractivity contribution in [3.8, 4) is 5.69 Å². The molecule has 2 aromatic heterocycles. The zero-order valence-corrected chi connectivity index (χ0v) is 12.5. The van der Waals surface area contributed by atoms with Gasteiger partial charge in [-0.2, -0.15) is 0 Å². The van der Waals surface area contributed by atoms with Crippen molar-refractivity contribution in [3.63, 3.8) is 0 Å². The number of fused-ring (bicyclic) bond motifs is 3. The lowest BCUT2D eigenvalue weighted by atomic mass is 10.2. The summed E-state index contributed by atoms with van der Waals surface area (Å²) < 4.78 is 15.2. The number of aryl methyl sites for hydroxylation is 1. The fourth-order valence-electron chi connectivity index (χ4n) is 2.76. The molecule has 2 heterocycles. The van der Waals surface area contributed by atoms with Crippen molar-refractivity contribution in [1.29, 1.82) is 0 Å². The van der Waals surface area contributed by atoms with Crippen molar-refractivity contribution in [2.45, 2.75) is 6.92 Å². The van der Waals surface area contributed by atoms with E-state index in [4.69, 9.17) is 11.6 Å². The van der Waals surface area contributed by atoms with E-state index in [1.807, 2.05) is 35.8 Å². The Morgan fingerprint density at radius 3 is 2.50 bits per heavy atom. The van der Waals surface area contributed by atoms with Gasteiger partial charge in [-0.1, -0.05) is 29.8 Å². The molecule has 3 nitrogen and oxygen atoms in total. The molecular weight excluding hydrogens is 301 g/mol. The second-order valence-corrected chi connectivity index (χ2v) is 5.45. The van der Waals surface area contributed by atoms with Crippen LogP contribution in [0.15, 0.2) is 48.5 Å². The van der Waals surface area contributed by atoms with Gasteiger partial charge in [0.1, 0.15) is 17.2 Å². The summed E-state index contributed by atoms with van der Waals surface area (Å²) in [6.45, 7) is 1.90. The van der Waals surface area contributed by atoms with Crippen LogP contribution in [0.4, 0.5) is 4.39 Å². The Bertz CT molecular complexity index is 1010. The van der Waals surface area contributed by atoms with Crippen LogP contribution in [0.25, 0.3) is 27.6 Å². The molecule has 0 aliphatic rings. The van der Waals surface area contributed by atoms with E-state index in [2.05, 4.69) is 9.97 Å². The molecule has 0 saturated heterocycles. The Balaban J connectivity index is 2.18. The number of rotatable bonds is 1. The number of benzene rings is 2. The van der Waals surface area contributed by atoms with Crippen LogP contribution in [0.5, 0.6) is 0 Å². The Hall–Kier alpha value is -2.46. The topological polar surface area (TPSA) is 30.7 Å². The molecule has 0 N–H and O–H groups in total. The maximum absolute atomic E-state index is 13.2. The third-order valence-corrected chi connectivity index (χ3v) is 3.97. The van der Waals surface area contributed by atoms with E-state index < -0.39 is 0 Å². The van der Waals surface area contributed by atoms with E-state index in [0.717, 1.165) is 27.9 Å². The van der Waals surface area contributed by atoms with Crippen LogP contribution in [0.1, 0.15) is 5.82 Å². The van der Waals surface area contributed by atoms with E-state index in [-0.39, 0.29) is 5.82 Å². The molecule has 0 fully saturated rings. The lowest BCUT2D eigenvalue weighted by Crippen LogP contribution is -1.97. The first-order chi connectivity index (χ1) is 10.6. The van der Waals surface area contributed by atoms with Crippen LogP contribution >= 0.6 is 11.6 Å². The molecule has 0 atom stereocenters. The Morgan fingerprint density at radius 2 is 1.73 bits per heavy atom. The van der Waals surface area contributed by atoms with Crippen LogP contribution in [0, 0.1) is 12.7 Å². The zero-order chi connectivity index (χ0) is 15.3. The van der Waals surface area contributed by atoms with Gasteiger partial charge in [-0.15, -0.1) is 0 Å². The Morgan fingerprint density at radius 1 is 1.00 bits per heavy atom. The van der Waals surface area contributed by atoms with Crippen LogP contribution in [0.3, 0.4) is 0 Å². The van der Waals surface area contributed by atoms with Crippen LogP contribution in [-0.4, -0.2) is 14.5 Å². The number of para-hydroxylation sites is 1. The van der Waals surface area contributed by atoms with Crippen molar-refractivity contribution in [2.24, 2.45) is 0 Å². The SMILES string of the molecule is Cc1nc2c(Cl)nc3ccccc3c2n1-c1ccc(F)cc1. The normalized spacial score (nSPS) is 11.4. The van der Waals surface area contributed by atoms with E-state index >= 15 is 0 Å². The highest BCUT2D eigenvalue weighted by Gasteiger charge is 2.16.